The summed E-state index contributed by atoms with van der Waals surface area (Å²) in [7, 11) is -0.486. The predicted molar refractivity (Wildman–Crippen MR) is 86.5 cm³/mol. The van der Waals surface area contributed by atoms with Crippen LogP contribution in [0.25, 0.3) is 0 Å². The molecule has 1 aromatic carbocycles. The minimum Gasteiger partial charge on any atom is -0.302 e. The van der Waals surface area contributed by atoms with Crippen molar-refractivity contribution in [1.82, 2.24) is 9.29 Å². The van der Waals surface area contributed by atoms with Gasteiger partial charge in [0.05, 0.1) is 17.0 Å². The molecular formula is C14H17N3O3S2. The minimum absolute atomic E-state index is 0.168. The Kier molecular flexibility index (Phi) is 4.94. The summed E-state index contributed by atoms with van der Waals surface area (Å²) in [5, 5.41) is 5.14. The van der Waals surface area contributed by atoms with Crippen LogP contribution in [0.5, 0.6) is 0 Å². The third-order valence-corrected chi connectivity index (χ3v) is 5.64. The van der Waals surface area contributed by atoms with E-state index in [1.807, 2.05) is 12.3 Å². The summed E-state index contributed by atoms with van der Waals surface area (Å²) in [4.78, 5) is 16.3. The van der Waals surface area contributed by atoms with Gasteiger partial charge in [0.15, 0.2) is 5.13 Å². The van der Waals surface area contributed by atoms with Gasteiger partial charge in [-0.05, 0) is 24.6 Å². The number of nitrogens with zero attached hydrogens (tertiary/aromatic N) is 2. The third kappa shape index (κ3) is 3.90. The molecule has 0 aliphatic rings. The Hall–Kier alpha value is -1.77. The van der Waals surface area contributed by atoms with Crippen molar-refractivity contribution in [2.24, 2.45) is 0 Å². The summed E-state index contributed by atoms with van der Waals surface area (Å²) in [6.07, 6.45) is 0.168. The van der Waals surface area contributed by atoms with Crippen LogP contribution < -0.4 is 5.32 Å². The topological polar surface area (TPSA) is 79.4 Å². The van der Waals surface area contributed by atoms with Crippen LogP contribution in [0.4, 0.5) is 5.13 Å². The zero-order valence-corrected chi connectivity index (χ0v) is 14.2. The first-order chi connectivity index (χ1) is 10.3. The lowest BCUT2D eigenvalue weighted by Gasteiger charge is -2.11. The van der Waals surface area contributed by atoms with Crippen molar-refractivity contribution in [2.45, 2.75) is 18.2 Å². The second-order valence-electron chi connectivity index (χ2n) is 4.95. The first-order valence-electron chi connectivity index (χ1n) is 6.52. The average Bonchev–Trinajstić information content (AvgIpc) is 2.84. The van der Waals surface area contributed by atoms with E-state index in [1.54, 1.807) is 12.1 Å². The van der Waals surface area contributed by atoms with Crippen LogP contribution in [0.3, 0.4) is 0 Å². The molecule has 1 heterocycles. The molecule has 0 spiro atoms. The van der Waals surface area contributed by atoms with E-state index in [0.717, 1.165) is 15.6 Å². The van der Waals surface area contributed by atoms with E-state index in [4.69, 9.17) is 0 Å². The molecule has 0 atom stereocenters. The van der Waals surface area contributed by atoms with Crippen molar-refractivity contribution in [2.75, 3.05) is 19.4 Å². The molecule has 0 saturated heterocycles. The maximum atomic E-state index is 11.9. The Balaban J connectivity index is 2.04. The highest BCUT2D eigenvalue weighted by atomic mass is 32.2. The van der Waals surface area contributed by atoms with E-state index in [0.29, 0.717) is 5.13 Å². The quantitative estimate of drug-likeness (QED) is 0.902. The predicted octanol–water partition coefficient (Wildman–Crippen LogP) is 1.88. The van der Waals surface area contributed by atoms with Gasteiger partial charge in [-0.25, -0.2) is 17.7 Å². The van der Waals surface area contributed by atoms with Gasteiger partial charge in [-0.15, -0.1) is 11.3 Å². The Morgan fingerprint density at radius 3 is 2.41 bits per heavy atom. The van der Waals surface area contributed by atoms with Crippen molar-refractivity contribution >= 4 is 32.4 Å². The summed E-state index contributed by atoms with van der Waals surface area (Å²) in [6.45, 7) is 1.86. The first kappa shape index (κ1) is 16.6. The number of anilines is 1. The van der Waals surface area contributed by atoms with E-state index in [-0.39, 0.29) is 17.2 Å². The lowest BCUT2D eigenvalue weighted by molar-refractivity contribution is -0.115. The second-order valence-corrected chi connectivity index (χ2v) is 7.96. The van der Waals surface area contributed by atoms with Crippen LogP contribution in [-0.2, 0) is 21.2 Å². The first-order valence-corrected chi connectivity index (χ1v) is 8.84. The molecule has 0 radical (unpaired) electrons. The van der Waals surface area contributed by atoms with E-state index in [1.165, 1.54) is 37.6 Å². The second kappa shape index (κ2) is 6.55. The molecule has 1 aromatic heterocycles. The largest absolute Gasteiger partial charge is 0.302 e. The van der Waals surface area contributed by atoms with Crippen LogP contribution in [-0.4, -0.2) is 37.7 Å². The number of amides is 1. The van der Waals surface area contributed by atoms with E-state index < -0.39 is 10.0 Å². The molecule has 0 saturated carbocycles. The summed E-state index contributed by atoms with van der Waals surface area (Å²) in [6, 6.07) is 6.29. The Morgan fingerprint density at radius 2 is 1.91 bits per heavy atom. The van der Waals surface area contributed by atoms with Crippen molar-refractivity contribution in [3.63, 3.8) is 0 Å². The average molecular weight is 339 g/mol. The molecule has 118 valence electrons. The number of aromatic nitrogens is 1. The van der Waals surface area contributed by atoms with Crippen LogP contribution in [0.15, 0.2) is 34.5 Å². The van der Waals surface area contributed by atoms with Gasteiger partial charge < -0.3 is 5.32 Å². The standard InChI is InChI=1S/C14H17N3O3S2/c1-10-9-21-14(15-10)16-13(18)8-11-4-6-12(7-5-11)22(19,20)17(2)3/h4-7,9H,8H2,1-3H3,(H,15,16,18). The van der Waals surface area contributed by atoms with E-state index in [9.17, 15) is 13.2 Å². The highest BCUT2D eigenvalue weighted by molar-refractivity contribution is 7.89. The van der Waals surface area contributed by atoms with Crippen LogP contribution in [0.1, 0.15) is 11.3 Å². The van der Waals surface area contributed by atoms with Crippen molar-refractivity contribution in [1.29, 1.82) is 0 Å². The number of benzene rings is 1. The maximum Gasteiger partial charge on any atom is 0.242 e. The number of carbonyl (C=O) groups excluding carboxylic acids is 1. The fraction of sp³-hybridized carbons (Fsp3) is 0.286. The van der Waals surface area contributed by atoms with Crippen molar-refractivity contribution in [3.8, 4) is 0 Å². The fourth-order valence-corrected chi connectivity index (χ4v) is 3.36. The normalized spacial score (nSPS) is 11.6. The third-order valence-electron chi connectivity index (χ3n) is 2.93. The number of hydrogen-bond donors (Lipinski definition) is 1. The van der Waals surface area contributed by atoms with Gasteiger partial charge in [0.1, 0.15) is 0 Å². The summed E-state index contributed by atoms with van der Waals surface area (Å²) >= 11 is 1.37. The smallest absolute Gasteiger partial charge is 0.242 e. The fourth-order valence-electron chi connectivity index (χ4n) is 1.75. The lowest BCUT2D eigenvalue weighted by Crippen LogP contribution is -2.22. The number of aryl methyl sites for hydroxylation is 1. The zero-order chi connectivity index (χ0) is 16.3. The van der Waals surface area contributed by atoms with Gasteiger partial charge in [-0.2, -0.15) is 0 Å². The number of hydrogen-bond acceptors (Lipinski definition) is 5. The van der Waals surface area contributed by atoms with Crippen LogP contribution in [0, 0.1) is 6.92 Å². The molecular weight excluding hydrogens is 322 g/mol. The van der Waals surface area contributed by atoms with E-state index in [2.05, 4.69) is 10.3 Å². The molecule has 6 nitrogen and oxygen atoms in total. The van der Waals surface area contributed by atoms with Crippen molar-refractivity contribution in [3.05, 3.63) is 40.9 Å². The number of nitrogens with one attached hydrogen (secondary N) is 1. The number of rotatable bonds is 5. The minimum atomic E-state index is -3.44. The van der Waals surface area contributed by atoms with Gasteiger partial charge in [0.2, 0.25) is 15.9 Å². The van der Waals surface area contributed by atoms with Gasteiger partial charge in [-0.1, -0.05) is 12.1 Å². The molecule has 2 rings (SSSR count). The molecule has 0 unspecified atom stereocenters. The molecule has 1 N–H and O–H groups in total. The van der Waals surface area contributed by atoms with Gasteiger partial charge in [0, 0.05) is 19.5 Å². The van der Waals surface area contributed by atoms with Crippen molar-refractivity contribution < 1.29 is 13.2 Å². The lowest BCUT2D eigenvalue weighted by atomic mass is 10.1. The molecule has 0 fully saturated rings. The molecule has 0 aliphatic carbocycles. The van der Waals surface area contributed by atoms with E-state index >= 15 is 0 Å². The van der Waals surface area contributed by atoms with Gasteiger partial charge in [-0.3, -0.25) is 4.79 Å². The monoisotopic (exact) mass is 339 g/mol. The Bertz CT molecular complexity index is 765. The molecule has 2 aromatic rings. The molecule has 1 amide bonds. The van der Waals surface area contributed by atoms with Gasteiger partial charge in [0.25, 0.3) is 0 Å². The molecule has 0 bridgehead atoms. The molecule has 22 heavy (non-hydrogen) atoms. The SMILES string of the molecule is Cc1csc(NC(=O)Cc2ccc(S(=O)(=O)N(C)C)cc2)n1. The number of carbonyl (C=O) groups is 1. The molecule has 8 heteroatoms. The van der Waals surface area contributed by atoms with Crippen LogP contribution in [0.2, 0.25) is 0 Å². The highest BCUT2D eigenvalue weighted by Crippen LogP contribution is 2.16. The zero-order valence-electron chi connectivity index (χ0n) is 12.5. The number of thiazole rings is 1. The Labute approximate surface area is 133 Å². The summed E-state index contributed by atoms with van der Waals surface area (Å²) in [5.41, 5.74) is 1.60. The number of sulfonamides is 1. The maximum absolute atomic E-state index is 11.9. The molecule has 0 aliphatic heterocycles. The Morgan fingerprint density at radius 1 is 1.27 bits per heavy atom. The highest BCUT2D eigenvalue weighted by Gasteiger charge is 2.16. The summed E-state index contributed by atoms with van der Waals surface area (Å²) < 4.78 is 25.0. The summed E-state index contributed by atoms with van der Waals surface area (Å²) in [5.74, 6) is -0.183. The van der Waals surface area contributed by atoms with Crippen LogP contribution >= 0.6 is 11.3 Å². The van der Waals surface area contributed by atoms with Gasteiger partial charge >= 0.3 is 0 Å².